The first-order valence-electron chi connectivity index (χ1n) is 10.8. The van der Waals surface area contributed by atoms with E-state index in [-0.39, 0.29) is 5.91 Å². The molecule has 4 aromatic rings. The number of carbonyl (C=O) groups excluding carboxylic acids is 1. The number of amides is 1. The van der Waals surface area contributed by atoms with Crippen LogP contribution in [0.25, 0.3) is 10.6 Å². The molecular weight excluding hydrogens is 434 g/mol. The third kappa shape index (κ3) is 5.02. The molecule has 33 heavy (non-hydrogen) atoms. The second-order valence-corrected chi connectivity index (χ2v) is 8.42. The SMILES string of the molecule is O=C(Nc1cnccc1N1CCNCC1)c1csc(-c2ccc(Oc3ccccc3)cc2)n1. The van der Waals surface area contributed by atoms with Gasteiger partial charge in [0.1, 0.15) is 22.2 Å². The summed E-state index contributed by atoms with van der Waals surface area (Å²) in [5.74, 6) is 1.29. The minimum Gasteiger partial charge on any atom is -0.457 e. The lowest BCUT2D eigenvalue weighted by atomic mass is 10.2. The zero-order valence-corrected chi connectivity index (χ0v) is 18.7. The van der Waals surface area contributed by atoms with Gasteiger partial charge in [-0.1, -0.05) is 18.2 Å². The molecule has 0 spiro atoms. The van der Waals surface area contributed by atoms with Gasteiger partial charge in [0.2, 0.25) is 0 Å². The van der Waals surface area contributed by atoms with Crippen LogP contribution in [0.4, 0.5) is 11.4 Å². The van der Waals surface area contributed by atoms with Crippen molar-refractivity contribution in [3.63, 3.8) is 0 Å². The van der Waals surface area contributed by atoms with Crippen molar-refractivity contribution in [3.8, 4) is 22.1 Å². The van der Waals surface area contributed by atoms with E-state index >= 15 is 0 Å². The Balaban J connectivity index is 1.28. The van der Waals surface area contributed by atoms with E-state index in [4.69, 9.17) is 4.74 Å². The summed E-state index contributed by atoms with van der Waals surface area (Å²) in [6, 6.07) is 19.3. The van der Waals surface area contributed by atoms with Gasteiger partial charge in [0.15, 0.2) is 0 Å². The number of hydrogen-bond donors (Lipinski definition) is 2. The molecule has 0 aliphatic carbocycles. The lowest BCUT2D eigenvalue weighted by Gasteiger charge is -2.30. The Hall–Kier alpha value is -3.75. The maximum Gasteiger partial charge on any atom is 0.275 e. The van der Waals surface area contributed by atoms with Crippen LogP contribution in [0, 0.1) is 0 Å². The van der Waals surface area contributed by atoms with Crippen LogP contribution in [-0.4, -0.2) is 42.1 Å². The molecule has 2 aromatic heterocycles. The number of pyridine rings is 1. The topological polar surface area (TPSA) is 79.4 Å². The standard InChI is InChI=1S/C25H23N5O2S/c31-24(28-21-16-27-11-10-23(21)30-14-12-26-13-15-30)22-17-33-25(29-22)18-6-8-20(9-7-18)32-19-4-2-1-3-5-19/h1-11,16-17,26H,12-15H2,(H,28,31). The first-order valence-corrected chi connectivity index (χ1v) is 11.6. The number of rotatable bonds is 6. The summed E-state index contributed by atoms with van der Waals surface area (Å²) < 4.78 is 5.85. The van der Waals surface area contributed by atoms with Crippen LogP contribution in [0.5, 0.6) is 11.5 Å². The molecule has 1 amide bonds. The summed E-state index contributed by atoms with van der Waals surface area (Å²) in [6.45, 7) is 3.61. The van der Waals surface area contributed by atoms with E-state index in [1.807, 2.05) is 60.7 Å². The lowest BCUT2D eigenvalue weighted by molar-refractivity contribution is 0.102. The summed E-state index contributed by atoms with van der Waals surface area (Å²) in [5, 5.41) is 8.88. The normalized spacial score (nSPS) is 13.5. The number of aromatic nitrogens is 2. The predicted octanol–water partition coefficient (Wildman–Crippen LogP) is 4.66. The van der Waals surface area contributed by atoms with Gasteiger partial charge in [0.05, 0.1) is 17.6 Å². The monoisotopic (exact) mass is 457 g/mol. The van der Waals surface area contributed by atoms with Gasteiger partial charge in [0, 0.05) is 43.3 Å². The van der Waals surface area contributed by atoms with Crippen LogP contribution in [0.15, 0.2) is 78.4 Å². The van der Waals surface area contributed by atoms with Crippen LogP contribution in [0.1, 0.15) is 10.5 Å². The molecular formula is C25H23N5O2S. The molecule has 1 fully saturated rings. The minimum absolute atomic E-state index is 0.245. The molecule has 0 atom stereocenters. The smallest absolute Gasteiger partial charge is 0.275 e. The number of para-hydroxylation sites is 1. The van der Waals surface area contributed by atoms with Crippen molar-refractivity contribution in [1.29, 1.82) is 0 Å². The van der Waals surface area contributed by atoms with Gasteiger partial charge in [-0.05, 0) is 42.5 Å². The Morgan fingerprint density at radius 1 is 1.00 bits per heavy atom. The van der Waals surface area contributed by atoms with Crippen molar-refractivity contribution < 1.29 is 9.53 Å². The number of anilines is 2. The number of nitrogens with zero attached hydrogens (tertiary/aromatic N) is 3. The van der Waals surface area contributed by atoms with Crippen LogP contribution in [0.3, 0.4) is 0 Å². The molecule has 3 heterocycles. The molecule has 0 saturated carbocycles. The van der Waals surface area contributed by atoms with Crippen molar-refractivity contribution >= 4 is 28.6 Å². The first kappa shape index (κ1) is 21.1. The molecule has 7 nitrogen and oxygen atoms in total. The number of thiazole rings is 1. The van der Waals surface area contributed by atoms with E-state index in [1.54, 1.807) is 17.8 Å². The van der Waals surface area contributed by atoms with Gasteiger partial charge >= 0.3 is 0 Å². The van der Waals surface area contributed by atoms with Crippen molar-refractivity contribution in [3.05, 3.63) is 84.1 Å². The number of nitrogens with one attached hydrogen (secondary N) is 2. The molecule has 1 aliphatic rings. The van der Waals surface area contributed by atoms with Gasteiger partial charge in [-0.15, -0.1) is 11.3 Å². The van der Waals surface area contributed by atoms with Crippen molar-refractivity contribution in [2.45, 2.75) is 0 Å². The average molecular weight is 458 g/mol. The van der Waals surface area contributed by atoms with E-state index in [1.165, 1.54) is 11.3 Å². The summed E-state index contributed by atoms with van der Waals surface area (Å²) in [7, 11) is 0. The summed E-state index contributed by atoms with van der Waals surface area (Å²) >= 11 is 1.44. The third-order valence-electron chi connectivity index (χ3n) is 5.32. The first-order chi connectivity index (χ1) is 16.3. The molecule has 1 saturated heterocycles. The molecule has 2 N–H and O–H groups in total. The summed E-state index contributed by atoms with van der Waals surface area (Å²) in [6.07, 6.45) is 3.44. The fourth-order valence-electron chi connectivity index (χ4n) is 3.65. The maximum atomic E-state index is 12.9. The van der Waals surface area contributed by atoms with E-state index in [0.717, 1.165) is 53.9 Å². The van der Waals surface area contributed by atoms with E-state index < -0.39 is 0 Å². The number of piperazine rings is 1. The van der Waals surface area contributed by atoms with Gasteiger partial charge in [-0.3, -0.25) is 9.78 Å². The Bertz CT molecular complexity index is 1220. The Kier molecular flexibility index (Phi) is 6.27. The minimum atomic E-state index is -0.245. The number of benzene rings is 2. The quantitative estimate of drug-likeness (QED) is 0.438. The van der Waals surface area contributed by atoms with Crippen molar-refractivity contribution in [2.75, 3.05) is 36.4 Å². The molecule has 0 bridgehead atoms. The summed E-state index contributed by atoms with van der Waals surface area (Å²) in [4.78, 5) is 23.9. The second kappa shape index (κ2) is 9.81. The molecule has 0 radical (unpaired) electrons. The van der Waals surface area contributed by atoms with Gasteiger partial charge in [0.25, 0.3) is 5.91 Å². The Labute approximate surface area is 196 Å². The Morgan fingerprint density at radius 2 is 1.76 bits per heavy atom. The molecule has 2 aromatic carbocycles. The van der Waals surface area contributed by atoms with E-state index in [2.05, 4.69) is 25.5 Å². The highest BCUT2D eigenvalue weighted by molar-refractivity contribution is 7.13. The molecule has 8 heteroatoms. The van der Waals surface area contributed by atoms with E-state index in [0.29, 0.717) is 11.4 Å². The molecule has 5 rings (SSSR count). The average Bonchev–Trinajstić information content (AvgIpc) is 3.37. The number of ether oxygens (including phenoxy) is 1. The Morgan fingerprint density at radius 3 is 2.55 bits per heavy atom. The summed E-state index contributed by atoms with van der Waals surface area (Å²) in [5.41, 5.74) is 2.99. The van der Waals surface area contributed by atoms with Crippen LogP contribution in [0.2, 0.25) is 0 Å². The van der Waals surface area contributed by atoms with Gasteiger partial charge in [-0.25, -0.2) is 4.98 Å². The van der Waals surface area contributed by atoms with Crippen LogP contribution in [-0.2, 0) is 0 Å². The number of hydrogen-bond acceptors (Lipinski definition) is 7. The van der Waals surface area contributed by atoms with Crippen molar-refractivity contribution in [1.82, 2.24) is 15.3 Å². The third-order valence-corrected chi connectivity index (χ3v) is 6.21. The predicted molar refractivity (Wildman–Crippen MR) is 131 cm³/mol. The maximum absolute atomic E-state index is 12.9. The fourth-order valence-corrected chi connectivity index (χ4v) is 4.46. The van der Waals surface area contributed by atoms with Crippen LogP contribution < -0.4 is 20.3 Å². The highest BCUT2D eigenvalue weighted by Gasteiger charge is 2.18. The molecule has 166 valence electrons. The zero-order valence-electron chi connectivity index (χ0n) is 17.9. The fraction of sp³-hybridized carbons (Fsp3) is 0.160. The number of carbonyl (C=O) groups is 1. The largest absolute Gasteiger partial charge is 0.457 e. The van der Waals surface area contributed by atoms with Crippen LogP contribution >= 0.6 is 11.3 Å². The molecule has 0 unspecified atom stereocenters. The highest BCUT2D eigenvalue weighted by atomic mass is 32.1. The van der Waals surface area contributed by atoms with Gasteiger partial charge < -0.3 is 20.3 Å². The second-order valence-electron chi connectivity index (χ2n) is 7.56. The highest BCUT2D eigenvalue weighted by Crippen LogP contribution is 2.29. The zero-order chi connectivity index (χ0) is 22.5. The van der Waals surface area contributed by atoms with Crippen molar-refractivity contribution in [2.24, 2.45) is 0 Å². The molecule has 1 aliphatic heterocycles. The lowest BCUT2D eigenvalue weighted by Crippen LogP contribution is -2.43. The van der Waals surface area contributed by atoms with Gasteiger partial charge in [-0.2, -0.15) is 0 Å². The van der Waals surface area contributed by atoms with E-state index in [9.17, 15) is 4.79 Å².